The van der Waals surface area contributed by atoms with Crippen LogP contribution in [-0.4, -0.2) is 46.3 Å². The summed E-state index contributed by atoms with van der Waals surface area (Å²) in [4.78, 5) is 10.6. The maximum atomic E-state index is 4.29. The van der Waals surface area contributed by atoms with Crippen molar-refractivity contribution in [2.75, 3.05) is 20.6 Å². The maximum absolute atomic E-state index is 4.29. The summed E-state index contributed by atoms with van der Waals surface area (Å²) in [6, 6.07) is 0. The van der Waals surface area contributed by atoms with Crippen LogP contribution in [0.3, 0.4) is 0 Å². The number of hydrogen-bond acceptors (Lipinski definition) is 3. The molecule has 0 saturated heterocycles. The fraction of sp³-hybridized carbons (Fsp3) is 0.643. The molecule has 0 fully saturated rings. The molecule has 120 valence electrons. The quantitative estimate of drug-likeness (QED) is 0.237. The second-order valence-electron chi connectivity index (χ2n) is 4.76. The Morgan fingerprint density at radius 2 is 2.24 bits per heavy atom. The predicted octanol–water partition coefficient (Wildman–Crippen LogP) is 2.19. The lowest BCUT2D eigenvalue weighted by molar-refractivity contribution is 0.453. The van der Waals surface area contributed by atoms with Crippen molar-refractivity contribution in [2.24, 2.45) is 12.0 Å². The summed E-state index contributed by atoms with van der Waals surface area (Å²) in [5.74, 6) is 1.78. The summed E-state index contributed by atoms with van der Waals surface area (Å²) in [6.45, 7) is 5.36. The van der Waals surface area contributed by atoms with E-state index in [1.54, 1.807) is 18.1 Å². The third kappa shape index (κ3) is 7.45. The van der Waals surface area contributed by atoms with Crippen LogP contribution in [0.4, 0.5) is 0 Å². The van der Waals surface area contributed by atoms with Crippen molar-refractivity contribution in [3.05, 3.63) is 24.8 Å². The molecule has 0 atom stereocenters. The molecule has 0 saturated carbocycles. The number of allylic oxidation sites excluding steroid dienone is 1. The Kier molecular flexibility index (Phi) is 10.9. The third-order valence-electron chi connectivity index (χ3n) is 3.18. The maximum Gasteiger partial charge on any atom is 0.193 e. The highest BCUT2D eigenvalue weighted by Gasteiger charge is 2.07. The number of aryl methyl sites for hydroxylation is 1. The van der Waals surface area contributed by atoms with E-state index in [2.05, 4.69) is 38.9 Å². The van der Waals surface area contributed by atoms with Gasteiger partial charge >= 0.3 is 0 Å². The number of unbranched alkanes of at least 4 members (excludes halogenated alkanes) is 3. The van der Waals surface area contributed by atoms with Gasteiger partial charge in [0.1, 0.15) is 12.2 Å². The van der Waals surface area contributed by atoms with Crippen molar-refractivity contribution >= 4 is 29.9 Å². The third-order valence-corrected chi connectivity index (χ3v) is 3.18. The van der Waals surface area contributed by atoms with Crippen LogP contribution >= 0.6 is 24.0 Å². The van der Waals surface area contributed by atoms with Gasteiger partial charge in [-0.2, -0.15) is 5.10 Å². The zero-order chi connectivity index (χ0) is 14.8. The van der Waals surface area contributed by atoms with Crippen LogP contribution in [0.15, 0.2) is 24.0 Å². The first-order chi connectivity index (χ1) is 9.69. The lowest BCUT2D eigenvalue weighted by atomic mass is 10.2. The van der Waals surface area contributed by atoms with Crippen molar-refractivity contribution < 1.29 is 0 Å². The summed E-state index contributed by atoms with van der Waals surface area (Å²) in [5, 5.41) is 7.35. The fourth-order valence-corrected chi connectivity index (χ4v) is 1.94. The topological polar surface area (TPSA) is 58.3 Å². The van der Waals surface area contributed by atoms with Gasteiger partial charge in [-0.05, 0) is 19.3 Å². The highest BCUT2D eigenvalue weighted by atomic mass is 127. The average molecular weight is 406 g/mol. The molecule has 1 heterocycles. The molecule has 0 bridgehead atoms. The minimum Gasteiger partial charge on any atom is -0.349 e. The Morgan fingerprint density at radius 1 is 1.48 bits per heavy atom. The zero-order valence-corrected chi connectivity index (χ0v) is 15.6. The first kappa shape index (κ1) is 19.9. The smallest absolute Gasteiger partial charge is 0.193 e. The van der Waals surface area contributed by atoms with E-state index in [-0.39, 0.29) is 24.0 Å². The van der Waals surface area contributed by atoms with E-state index in [9.17, 15) is 0 Å². The summed E-state index contributed by atoms with van der Waals surface area (Å²) in [6.07, 6.45) is 8.23. The number of hydrogen-bond donors (Lipinski definition) is 1. The minimum absolute atomic E-state index is 0. The molecule has 1 aromatic rings. The summed E-state index contributed by atoms with van der Waals surface area (Å²) in [5.41, 5.74) is 0. The number of aliphatic imine (C=N–C) groups is 1. The summed E-state index contributed by atoms with van der Waals surface area (Å²) in [7, 11) is 5.74. The Balaban J connectivity index is 0.00000400. The van der Waals surface area contributed by atoms with Crippen molar-refractivity contribution in [1.82, 2.24) is 25.0 Å². The minimum atomic E-state index is 0. The Morgan fingerprint density at radius 3 is 2.81 bits per heavy atom. The van der Waals surface area contributed by atoms with Crippen molar-refractivity contribution in [3.63, 3.8) is 0 Å². The molecule has 7 heteroatoms. The van der Waals surface area contributed by atoms with Gasteiger partial charge in [-0.1, -0.05) is 12.5 Å². The van der Waals surface area contributed by atoms with Crippen LogP contribution in [0.2, 0.25) is 0 Å². The SMILES string of the molecule is C=CCCCCCN(C)C(=NC)NCc1ncnn1C.I. The molecule has 0 radical (unpaired) electrons. The van der Waals surface area contributed by atoms with Gasteiger partial charge in [0, 0.05) is 27.7 Å². The van der Waals surface area contributed by atoms with Crippen LogP contribution in [-0.2, 0) is 13.6 Å². The lowest BCUT2D eigenvalue weighted by Crippen LogP contribution is -2.39. The molecule has 6 nitrogen and oxygen atoms in total. The summed E-state index contributed by atoms with van der Waals surface area (Å²) < 4.78 is 1.76. The molecule has 0 aliphatic rings. The molecule has 0 aliphatic heterocycles. The molecule has 0 unspecified atom stereocenters. The van der Waals surface area contributed by atoms with E-state index in [1.165, 1.54) is 12.8 Å². The highest BCUT2D eigenvalue weighted by molar-refractivity contribution is 14.0. The van der Waals surface area contributed by atoms with Crippen LogP contribution < -0.4 is 5.32 Å². The Labute approximate surface area is 144 Å². The number of aromatic nitrogens is 3. The standard InChI is InChI=1S/C14H26N6.HI/c1-5-6-7-8-9-10-19(3)14(15-2)16-11-13-17-12-18-20(13)4;/h5,12H,1,6-11H2,2-4H3,(H,15,16);1H. The molecule has 1 aromatic heterocycles. The van der Waals surface area contributed by atoms with Gasteiger partial charge in [0.15, 0.2) is 5.96 Å². The van der Waals surface area contributed by atoms with Gasteiger partial charge in [-0.3, -0.25) is 9.67 Å². The first-order valence-corrected chi connectivity index (χ1v) is 7.04. The molecule has 1 rings (SSSR count). The second-order valence-corrected chi connectivity index (χ2v) is 4.76. The van der Waals surface area contributed by atoms with Gasteiger partial charge in [-0.25, -0.2) is 4.98 Å². The first-order valence-electron chi connectivity index (χ1n) is 7.04. The number of nitrogens with one attached hydrogen (secondary N) is 1. The molecule has 1 N–H and O–H groups in total. The largest absolute Gasteiger partial charge is 0.349 e. The van der Waals surface area contributed by atoms with E-state index in [4.69, 9.17) is 0 Å². The van der Waals surface area contributed by atoms with Crippen LogP contribution in [0.5, 0.6) is 0 Å². The van der Waals surface area contributed by atoms with E-state index in [1.807, 2.05) is 13.1 Å². The molecule has 21 heavy (non-hydrogen) atoms. The number of rotatable bonds is 8. The number of nitrogens with zero attached hydrogens (tertiary/aromatic N) is 5. The van der Waals surface area contributed by atoms with Gasteiger partial charge in [0.2, 0.25) is 0 Å². The van der Waals surface area contributed by atoms with Crippen LogP contribution in [0.25, 0.3) is 0 Å². The fourth-order valence-electron chi connectivity index (χ4n) is 1.94. The average Bonchev–Trinajstić information content (AvgIpc) is 2.85. The second kappa shape index (κ2) is 11.5. The zero-order valence-electron chi connectivity index (χ0n) is 13.2. The van der Waals surface area contributed by atoms with Gasteiger partial charge in [0.05, 0.1) is 6.54 Å². The van der Waals surface area contributed by atoms with E-state index < -0.39 is 0 Å². The molecule has 0 amide bonds. The van der Waals surface area contributed by atoms with Crippen LogP contribution in [0.1, 0.15) is 31.5 Å². The van der Waals surface area contributed by atoms with Crippen molar-refractivity contribution in [3.8, 4) is 0 Å². The summed E-state index contributed by atoms with van der Waals surface area (Å²) >= 11 is 0. The Hall–Kier alpha value is -1.12. The number of guanidine groups is 1. The number of halogens is 1. The van der Waals surface area contributed by atoms with Crippen LogP contribution in [0, 0.1) is 0 Å². The molecule has 0 spiro atoms. The van der Waals surface area contributed by atoms with Crippen molar-refractivity contribution in [1.29, 1.82) is 0 Å². The van der Waals surface area contributed by atoms with E-state index in [0.29, 0.717) is 6.54 Å². The Bertz CT molecular complexity index is 429. The van der Waals surface area contributed by atoms with Gasteiger partial charge in [-0.15, -0.1) is 30.6 Å². The van der Waals surface area contributed by atoms with E-state index in [0.717, 1.165) is 31.2 Å². The predicted molar refractivity (Wildman–Crippen MR) is 97.9 cm³/mol. The molecular formula is C14H27IN6. The van der Waals surface area contributed by atoms with Gasteiger partial charge in [0.25, 0.3) is 0 Å². The monoisotopic (exact) mass is 406 g/mol. The normalized spacial score (nSPS) is 10.9. The highest BCUT2D eigenvalue weighted by Crippen LogP contribution is 2.01. The molecule has 0 aliphatic carbocycles. The molecular weight excluding hydrogens is 379 g/mol. The van der Waals surface area contributed by atoms with Crippen molar-refractivity contribution in [2.45, 2.75) is 32.2 Å². The lowest BCUT2D eigenvalue weighted by Gasteiger charge is -2.21. The van der Waals surface area contributed by atoms with E-state index >= 15 is 0 Å². The molecule has 0 aromatic carbocycles. The van der Waals surface area contributed by atoms with Gasteiger partial charge < -0.3 is 10.2 Å².